The van der Waals surface area contributed by atoms with E-state index in [-0.39, 0.29) is 48.3 Å². The molecular weight excluding hydrogens is 440 g/mol. The van der Waals surface area contributed by atoms with E-state index in [2.05, 4.69) is 5.16 Å². The molecule has 1 aromatic heterocycles. The number of hydrogen-bond donors (Lipinski definition) is 0. The molecule has 2 aromatic rings. The molecule has 3 aliphatic rings. The van der Waals surface area contributed by atoms with E-state index >= 15 is 0 Å². The largest absolute Gasteiger partial charge is 0.459 e. The van der Waals surface area contributed by atoms with Gasteiger partial charge in [-0.3, -0.25) is 19.5 Å². The van der Waals surface area contributed by atoms with Crippen LogP contribution in [-0.2, 0) is 20.9 Å². The normalized spacial score (nSPS) is 24.7. The Bertz CT molecular complexity index is 1090. The van der Waals surface area contributed by atoms with Crippen molar-refractivity contribution < 1.29 is 27.6 Å². The number of hydrogen-bond acceptors (Lipinski definition) is 7. The fourth-order valence-electron chi connectivity index (χ4n) is 4.47. The highest BCUT2D eigenvalue weighted by Gasteiger charge is 2.46. The standard InChI is InChI=1S/C22H21F2N3O4S/c23-12-5-6-15(17(24)7-12)19-8-13(26-31-19)10-30-20(28)9-14-11-32-22-25-18-4-2-1-3-16(18)21(29)27(14)22/h5-8,14,16,18H,1-4,9-11H2. The summed E-state index contributed by atoms with van der Waals surface area (Å²) < 4.78 is 37.4. The van der Waals surface area contributed by atoms with E-state index in [4.69, 9.17) is 14.3 Å². The van der Waals surface area contributed by atoms with E-state index in [1.165, 1.54) is 23.9 Å². The van der Waals surface area contributed by atoms with Crippen molar-refractivity contribution in [3.63, 3.8) is 0 Å². The van der Waals surface area contributed by atoms with Gasteiger partial charge < -0.3 is 9.26 Å². The molecular formula is C22H21F2N3O4S. The molecule has 5 rings (SSSR count). The monoisotopic (exact) mass is 461 g/mol. The first-order valence-electron chi connectivity index (χ1n) is 10.6. The van der Waals surface area contributed by atoms with Crippen molar-refractivity contribution in [3.8, 4) is 11.3 Å². The predicted molar refractivity (Wildman–Crippen MR) is 113 cm³/mol. The second-order valence-electron chi connectivity index (χ2n) is 8.21. The Morgan fingerprint density at radius 2 is 2.09 bits per heavy atom. The summed E-state index contributed by atoms with van der Waals surface area (Å²) in [4.78, 5) is 31.9. The topological polar surface area (TPSA) is 85.0 Å². The van der Waals surface area contributed by atoms with Crippen molar-refractivity contribution in [3.05, 3.63) is 41.6 Å². The summed E-state index contributed by atoms with van der Waals surface area (Å²) in [5, 5.41) is 4.50. The number of aromatic nitrogens is 1. The molecule has 7 nitrogen and oxygen atoms in total. The highest BCUT2D eigenvalue weighted by atomic mass is 32.2. The number of amides is 1. The van der Waals surface area contributed by atoms with Gasteiger partial charge in [-0.1, -0.05) is 29.8 Å². The van der Waals surface area contributed by atoms with Crippen LogP contribution in [0.2, 0.25) is 0 Å². The lowest BCUT2D eigenvalue weighted by Gasteiger charge is -2.37. The first-order chi connectivity index (χ1) is 15.5. The number of rotatable bonds is 5. The van der Waals surface area contributed by atoms with Crippen LogP contribution in [0.3, 0.4) is 0 Å². The van der Waals surface area contributed by atoms with Gasteiger partial charge in [0.05, 0.1) is 30.0 Å². The van der Waals surface area contributed by atoms with Crippen LogP contribution in [0.25, 0.3) is 11.3 Å². The number of thioether (sulfide) groups is 1. The van der Waals surface area contributed by atoms with E-state index in [0.717, 1.165) is 43.0 Å². The molecule has 168 valence electrons. The van der Waals surface area contributed by atoms with Crippen LogP contribution in [0.1, 0.15) is 37.8 Å². The van der Waals surface area contributed by atoms with Crippen LogP contribution < -0.4 is 0 Å². The number of esters is 1. The van der Waals surface area contributed by atoms with Gasteiger partial charge in [0, 0.05) is 17.9 Å². The Labute approximate surface area is 187 Å². The van der Waals surface area contributed by atoms with Crippen molar-refractivity contribution in [1.82, 2.24) is 10.1 Å². The summed E-state index contributed by atoms with van der Waals surface area (Å²) in [6.07, 6.45) is 3.99. The number of ether oxygens (including phenoxy) is 1. The number of fused-ring (bicyclic) bond motifs is 2. The summed E-state index contributed by atoms with van der Waals surface area (Å²) in [7, 11) is 0. The van der Waals surface area contributed by atoms with E-state index < -0.39 is 17.6 Å². The number of halogens is 2. The van der Waals surface area contributed by atoms with Gasteiger partial charge in [-0.2, -0.15) is 0 Å². The van der Waals surface area contributed by atoms with E-state index in [1.54, 1.807) is 4.90 Å². The molecule has 3 atom stereocenters. The summed E-state index contributed by atoms with van der Waals surface area (Å²) in [6, 6.07) is 4.37. The second-order valence-corrected chi connectivity index (χ2v) is 9.20. The molecule has 3 unspecified atom stereocenters. The van der Waals surface area contributed by atoms with Crippen LogP contribution in [0.5, 0.6) is 0 Å². The van der Waals surface area contributed by atoms with Gasteiger partial charge in [0.25, 0.3) is 0 Å². The Kier molecular flexibility index (Phi) is 5.71. The van der Waals surface area contributed by atoms with Crippen LogP contribution in [0, 0.1) is 17.6 Å². The molecule has 3 heterocycles. The minimum Gasteiger partial charge on any atom is -0.459 e. The van der Waals surface area contributed by atoms with Crippen molar-refractivity contribution in [2.45, 2.75) is 50.8 Å². The molecule has 32 heavy (non-hydrogen) atoms. The molecule has 10 heteroatoms. The fourth-order valence-corrected chi connectivity index (χ4v) is 5.67. The Hall–Kier alpha value is -2.75. The zero-order valence-electron chi connectivity index (χ0n) is 17.1. The maximum Gasteiger partial charge on any atom is 0.308 e. The third kappa shape index (κ3) is 4.03. The lowest BCUT2D eigenvalue weighted by atomic mass is 9.83. The number of aliphatic imine (C=N–C) groups is 1. The van der Waals surface area contributed by atoms with Gasteiger partial charge in [-0.05, 0) is 25.0 Å². The third-order valence-electron chi connectivity index (χ3n) is 6.08. The highest BCUT2D eigenvalue weighted by Crippen LogP contribution is 2.38. The summed E-state index contributed by atoms with van der Waals surface area (Å²) in [6.45, 7) is -0.148. The van der Waals surface area contributed by atoms with Crippen molar-refractivity contribution in [2.24, 2.45) is 10.9 Å². The Morgan fingerprint density at radius 3 is 2.94 bits per heavy atom. The van der Waals surface area contributed by atoms with Crippen molar-refractivity contribution >= 4 is 28.8 Å². The highest BCUT2D eigenvalue weighted by molar-refractivity contribution is 8.14. The Morgan fingerprint density at radius 1 is 1.25 bits per heavy atom. The zero-order valence-corrected chi connectivity index (χ0v) is 17.9. The number of benzene rings is 1. The first kappa shape index (κ1) is 21.1. The zero-order chi connectivity index (χ0) is 22.2. The molecule has 0 N–H and O–H groups in total. The van der Waals surface area contributed by atoms with E-state index in [1.807, 2.05) is 0 Å². The number of carbonyl (C=O) groups excluding carboxylic acids is 2. The lowest BCUT2D eigenvalue weighted by Crippen LogP contribution is -2.50. The number of nitrogens with zero attached hydrogens (tertiary/aromatic N) is 3. The van der Waals surface area contributed by atoms with Crippen LogP contribution in [0.4, 0.5) is 8.78 Å². The SMILES string of the molecule is O=C(CC1CSC2=NC3CCCCC3C(=O)N21)OCc1cc(-c2ccc(F)cc2F)on1. The third-order valence-corrected chi connectivity index (χ3v) is 7.19. The minimum absolute atomic E-state index is 0.0619. The van der Waals surface area contributed by atoms with Gasteiger partial charge in [0.2, 0.25) is 5.91 Å². The van der Waals surface area contributed by atoms with Gasteiger partial charge in [0.15, 0.2) is 10.9 Å². The molecule has 1 saturated heterocycles. The molecule has 1 aliphatic carbocycles. The number of amidine groups is 1. The van der Waals surface area contributed by atoms with Gasteiger partial charge in [-0.25, -0.2) is 8.78 Å². The molecule has 0 spiro atoms. The van der Waals surface area contributed by atoms with Crippen LogP contribution in [-0.4, -0.2) is 44.9 Å². The van der Waals surface area contributed by atoms with Crippen LogP contribution >= 0.6 is 11.8 Å². The molecule has 1 aromatic carbocycles. The van der Waals surface area contributed by atoms with Gasteiger partial charge in [-0.15, -0.1) is 0 Å². The molecule has 0 bridgehead atoms. The predicted octanol–water partition coefficient (Wildman–Crippen LogP) is 3.93. The summed E-state index contributed by atoms with van der Waals surface area (Å²) >= 11 is 1.51. The van der Waals surface area contributed by atoms with E-state index in [9.17, 15) is 18.4 Å². The maximum absolute atomic E-state index is 13.9. The van der Waals surface area contributed by atoms with Crippen molar-refractivity contribution in [1.29, 1.82) is 0 Å². The van der Waals surface area contributed by atoms with Gasteiger partial charge >= 0.3 is 5.97 Å². The van der Waals surface area contributed by atoms with E-state index in [0.29, 0.717) is 11.4 Å². The molecule has 2 fully saturated rings. The molecule has 0 radical (unpaired) electrons. The van der Waals surface area contributed by atoms with Crippen LogP contribution in [0.15, 0.2) is 33.8 Å². The summed E-state index contributed by atoms with van der Waals surface area (Å²) in [5.41, 5.74) is 0.370. The summed E-state index contributed by atoms with van der Waals surface area (Å²) in [5.74, 6) is -1.21. The van der Waals surface area contributed by atoms with Crippen molar-refractivity contribution in [2.75, 3.05) is 5.75 Å². The lowest BCUT2D eigenvalue weighted by molar-refractivity contribution is -0.147. The maximum atomic E-state index is 13.9. The van der Waals surface area contributed by atoms with Gasteiger partial charge in [0.1, 0.15) is 23.9 Å². The first-order valence-corrected chi connectivity index (χ1v) is 11.6. The fraction of sp³-hybridized carbons (Fsp3) is 0.455. The molecule has 2 aliphatic heterocycles. The number of carbonyl (C=O) groups is 2. The molecule has 1 saturated carbocycles. The smallest absolute Gasteiger partial charge is 0.308 e. The minimum atomic E-state index is -0.771. The second kappa shape index (κ2) is 8.65. The quantitative estimate of drug-likeness (QED) is 0.628. The average Bonchev–Trinajstić information content (AvgIpc) is 3.40. The average molecular weight is 461 g/mol. The Balaban J connectivity index is 1.19. The molecule has 1 amide bonds.